The van der Waals surface area contributed by atoms with Crippen LogP contribution in [0.3, 0.4) is 0 Å². The molecule has 16 heavy (non-hydrogen) atoms. The Bertz CT molecular complexity index is 474. The van der Waals surface area contributed by atoms with E-state index < -0.39 is 10.0 Å². The van der Waals surface area contributed by atoms with Crippen LogP contribution in [-0.4, -0.2) is 15.0 Å². The van der Waals surface area contributed by atoms with Crippen molar-refractivity contribution < 1.29 is 8.42 Å². The Morgan fingerprint density at radius 1 is 1.31 bits per heavy atom. The normalized spacial score (nSPS) is 11.0. The first-order valence-electron chi connectivity index (χ1n) is 4.75. The van der Waals surface area contributed by atoms with Crippen molar-refractivity contribution in [3.8, 4) is 12.3 Å². The molecule has 0 spiro atoms. The Morgan fingerprint density at radius 3 is 2.50 bits per heavy atom. The predicted molar refractivity (Wildman–Crippen MR) is 64.7 cm³/mol. The van der Waals surface area contributed by atoms with Gasteiger partial charge < -0.3 is 0 Å². The van der Waals surface area contributed by atoms with E-state index in [4.69, 9.17) is 18.0 Å². The minimum atomic E-state index is -3.43. The van der Waals surface area contributed by atoms with Crippen LogP contribution >= 0.6 is 11.6 Å². The number of halogens is 1. The van der Waals surface area contributed by atoms with E-state index in [9.17, 15) is 8.42 Å². The molecular weight excluding hydrogens is 246 g/mol. The maximum Gasteiger partial charge on any atom is 0.240 e. The van der Waals surface area contributed by atoms with E-state index in [1.807, 2.05) is 0 Å². The fourth-order valence-electron chi connectivity index (χ4n) is 1.09. The molecule has 0 saturated carbocycles. The zero-order valence-electron chi connectivity index (χ0n) is 8.61. The summed E-state index contributed by atoms with van der Waals surface area (Å²) in [5.41, 5.74) is 0. The third kappa shape index (κ3) is 3.86. The topological polar surface area (TPSA) is 46.2 Å². The molecule has 5 heteroatoms. The van der Waals surface area contributed by atoms with Crippen LogP contribution < -0.4 is 4.72 Å². The largest absolute Gasteiger partial charge is 0.240 e. The molecule has 0 aliphatic rings. The molecule has 0 saturated heterocycles. The van der Waals surface area contributed by atoms with Crippen LogP contribution in [-0.2, 0) is 10.0 Å². The minimum Gasteiger partial charge on any atom is -0.211 e. The molecule has 0 aliphatic heterocycles. The van der Waals surface area contributed by atoms with Crippen LogP contribution in [0.4, 0.5) is 0 Å². The lowest BCUT2D eigenvalue weighted by Crippen LogP contribution is -2.24. The lowest BCUT2D eigenvalue weighted by atomic mass is 10.3. The van der Waals surface area contributed by atoms with Crippen molar-refractivity contribution in [2.75, 3.05) is 6.54 Å². The summed E-state index contributed by atoms with van der Waals surface area (Å²) in [6.07, 6.45) is 6.25. The highest BCUT2D eigenvalue weighted by molar-refractivity contribution is 7.89. The van der Waals surface area contributed by atoms with Crippen molar-refractivity contribution in [1.29, 1.82) is 0 Å². The summed E-state index contributed by atoms with van der Waals surface area (Å²) in [4.78, 5) is 0.206. The first-order valence-corrected chi connectivity index (χ1v) is 6.61. The average Bonchev–Trinajstić information content (AvgIpc) is 2.25. The van der Waals surface area contributed by atoms with Crippen molar-refractivity contribution in [2.24, 2.45) is 0 Å². The number of terminal acetylenes is 1. The molecule has 0 amide bonds. The van der Waals surface area contributed by atoms with Gasteiger partial charge in [0.2, 0.25) is 10.0 Å². The van der Waals surface area contributed by atoms with E-state index in [0.29, 0.717) is 24.4 Å². The smallest absolute Gasteiger partial charge is 0.211 e. The van der Waals surface area contributed by atoms with E-state index >= 15 is 0 Å². The number of hydrogen-bond donors (Lipinski definition) is 1. The van der Waals surface area contributed by atoms with Crippen LogP contribution in [0.25, 0.3) is 0 Å². The summed E-state index contributed by atoms with van der Waals surface area (Å²) < 4.78 is 25.9. The molecule has 86 valence electrons. The van der Waals surface area contributed by atoms with Crippen molar-refractivity contribution >= 4 is 21.6 Å². The molecule has 0 radical (unpaired) electrons. The summed E-state index contributed by atoms with van der Waals surface area (Å²) in [5.74, 6) is 2.45. The molecule has 1 aromatic rings. The fraction of sp³-hybridized carbons (Fsp3) is 0.273. The number of rotatable bonds is 5. The van der Waals surface area contributed by atoms with Gasteiger partial charge in [-0.2, -0.15) is 0 Å². The lowest BCUT2D eigenvalue weighted by molar-refractivity contribution is 0.579. The van der Waals surface area contributed by atoms with Gasteiger partial charge in [-0.15, -0.1) is 12.3 Å². The first-order chi connectivity index (χ1) is 7.56. The van der Waals surface area contributed by atoms with Gasteiger partial charge >= 0.3 is 0 Å². The molecule has 1 N–H and O–H groups in total. The SMILES string of the molecule is C#CCCCNS(=O)(=O)c1ccc(Cl)cc1. The zero-order valence-corrected chi connectivity index (χ0v) is 10.2. The molecule has 0 atom stereocenters. The van der Waals surface area contributed by atoms with E-state index in [0.717, 1.165) is 0 Å². The second-order valence-corrected chi connectivity index (χ2v) is 5.36. The molecule has 0 fully saturated rings. The maximum atomic E-state index is 11.7. The van der Waals surface area contributed by atoms with E-state index in [1.54, 1.807) is 0 Å². The quantitative estimate of drug-likeness (QED) is 0.648. The number of nitrogens with one attached hydrogen (secondary N) is 1. The molecule has 0 aliphatic carbocycles. The lowest BCUT2D eigenvalue weighted by Gasteiger charge is -2.05. The summed E-state index contributed by atoms with van der Waals surface area (Å²) in [7, 11) is -3.43. The van der Waals surface area contributed by atoms with Crippen molar-refractivity contribution in [3.05, 3.63) is 29.3 Å². The van der Waals surface area contributed by atoms with Crippen molar-refractivity contribution in [2.45, 2.75) is 17.7 Å². The van der Waals surface area contributed by atoms with Crippen LogP contribution in [0.5, 0.6) is 0 Å². The average molecular weight is 258 g/mol. The molecule has 0 aromatic heterocycles. The van der Waals surface area contributed by atoms with Gasteiger partial charge in [0.25, 0.3) is 0 Å². The van der Waals surface area contributed by atoms with Crippen LogP contribution in [0, 0.1) is 12.3 Å². The number of unbranched alkanes of at least 4 members (excludes halogenated alkanes) is 1. The zero-order chi connectivity index (χ0) is 12.0. The molecular formula is C11H12ClNO2S. The Kier molecular flexibility index (Phi) is 4.81. The Hall–Kier alpha value is -1.02. The van der Waals surface area contributed by atoms with Gasteiger partial charge in [-0.1, -0.05) is 11.6 Å². The first kappa shape index (κ1) is 13.0. The van der Waals surface area contributed by atoms with Crippen molar-refractivity contribution in [1.82, 2.24) is 4.72 Å². The van der Waals surface area contributed by atoms with Gasteiger partial charge in [-0.25, -0.2) is 13.1 Å². The van der Waals surface area contributed by atoms with Crippen molar-refractivity contribution in [3.63, 3.8) is 0 Å². The Balaban J connectivity index is 2.64. The summed E-state index contributed by atoms with van der Waals surface area (Å²) in [5, 5.41) is 0.506. The highest BCUT2D eigenvalue weighted by atomic mass is 35.5. The summed E-state index contributed by atoms with van der Waals surface area (Å²) in [6.45, 7) is 0.342. The molecule has 1 rings (SSSR count). The van der Waals surface area contributed by atoms with Crippen LogP contribution in [0.2, 0.25) is 5.02 Å². The van der Waals surface area contributed by atoms with Crippen LogP contribution in [0.15, 0.2) is 29.2 Å². The summed E-state index contributed by atoms with van der Waals surface area (Å²) in [6, 6.07) is 6.01. The predicted octanol–water partition coefficient (Wildman–Crippen LogP) is 2.03. The Morgan fingerprint density at radius 2 is 1.94 bits per heavy atom. The van der Waals surface area contributed by atoms with Gasteiger partial charge in [-0.05, 0) is 30.7 Å². The molecule has 0 heterocycles. The Labute approximate surface area is 101 Å². The minimum absolute atomic E-state index is 0.206. The fourth-order valence-corrected chi connectivity index (χ4v) is 2.29. The van der Waals surface area contributed by atoms with Gasteiger partial charge in [0, 0.05) is 18.0 Å². The monoisotopic (exact) mass is 257 g/mol. The number of benzene rings is 1. The summed E-state index contributed by atoms with van der Waals surface area (Å²) >= 11 is 5.67. The van der Waals surface area contributed by atoms with Gasteiger partial charge in [0.05, 0.1) is 4.90 Å². The van der Waals surface area contributed by atoms with Crippen LogP contribution in [0.1, 0.15) is 12.8 Å². The third-order valence-electron chi connectivity index (χ3n) is 1.91. The van der Waals surface area contributed by atoms with E-state index in [-0.39, 0.29) is 4.90 Å². The van der Waals surface area contributed by atoms with Gasteiger partial charge in [0.1, 0.15) is 0 Å². The molecule has 1 aromatic carbocycles. The number of hydrogen-bond acceptors (Lipinski definition) is 2. The van der Waals surface area contributed by atoms with E-state index in [2.05, 4.69) is 10.6 Å². The highest BCUT2D eigenvalue weighted by Gasteiger charge is 2.12. The molecule has 3 nitrogen and oxygen atoms in total. The molecule has 0 unspecified atom stereocenters. The molecule has 0 bridgehead atoms. The second kappa shape index (κ2) is 5.90. The standard InChI is InChI=1S/C11H12ClNO2S/c1-2-3-4-9-13-16(14,15)11-7-5-10(12)6-8-11/h1,5-8,13H,3-4,9H2. The number of sulfonamides is 1. The van der Waals surface area contributed by atoms with Gasteiger partial charge in [0.15, 0.2) is 0 Å². The van der Waals surface area contributed by atoms with Gasteiger partial charge in [-0.3, -0.25) is 0 Å². The van der Waals surface area contributed by atoms with E-state index in [1.165, 1.54) is 24.3 Å². The second-order valence-electron chi connectivity index (χ2n) is 3.16. The maximum absolute atomic E-state index is 11.7. The highest BCUT2D eigenvalue weighted by Crippen LogP contribution is 2.13. The third-order valence-corrected chi connectivity index (χ3v) is 3.64.